The second kappa shape index (κ2) is 5.15. The molecule has 0 aliphatic carbocycles. The van der Waals surface area contributed by atoms with Gasteiger partial charge >= 0.3 is 0 Å². The van der Waals surface area contributed by atoms with Gasteiger partial charge in [0.25, 0.3) is 0 Å². The van der Waals surface area contributed by atoms with Gasteiger partial charge in [-0.1, -0.05) is 11.6 Å². The fraction of sp³-hybridized carbons (Fsp3) is 0.154. The fourth-order valence-corrected chi connectivity index (χ4v) is 3.70. The summed E-state index contributed by atoms with van der Waals surface area (Å²) >= 11 is 11.2. The predicted octanol–water partition coefficient (Wildman–Crippen LogP) is 4.34. The largest absolute Gasteiger partial charge is 0.369 e. The van der Waals surface area contributed by atoms with Gasteiger partial charge in [-0.2, -0.15) is 0 Å². The number of fused-ring (bicyclic) bond motifs is 1. The van der Waals surface area contributed by atoms with E-state index in [4.69, 9.17) is 17.3 Å². The van der Waals surface area contributed by atoms with Crippen molar-refractivity contribution in [1.82, 2.24) is 9.55 Å². The number of aromatic nitrogens is 2. The maximum atomic E-state index is 5.98. The van der Waals surface area contributed by atoms with Gasteiger partial charge in [0.15, 0.2) is 0 Å². The zero-order chi connectivity index (χ0) is 13.4. The Morgan fingerprint density at radius 1 is 1.32 bits per heavy atom. The maximum absolute atomic E-state index is 5.98. The average molecular weight is 357 g/mol. The molecule has 2 N–H and O–H groups in total. The molecule has 3 rings (SSSR count). The molecule has 0 saturated carbocycles. The quantitative estimate of drug-likeness (QED) is 0.758. The van der Waals surface area contributed by atoms with Gasteiger partial charge in [0.05, 0.1) is 14.8 Å². The number of nitrogens with two attached hydrogens (primary N) is 1. The second-order valence-electron chi connectivity index (χ2n) is 4.21. The molecule has 0 atom stereocenters. The van der Waals surface area contributed by atoms with Gasteiger partial charge in [0, 0.05) is 16.4 Å². The highest BCUT2D eigenvalue weighted by Crippen LogP contribution is 2.25. The minimum absolute atomic E-state index is 0.535. The number of thiophene rings is 1. The molecule has 0 aliphatic rings. The Morgan fingerprint density at radius 3 is 2.89 bits per heavy atom. The van der Waals surface area contributed by atoms with E-state index >= 15 is 0 Å². The van der Waals surface area contributed by atoms with Gasteiger partial charge in [-0.05, 0) is 52.7 Å². The molecule has 3 nitrogen and oxygen atoms in total. The minimum atomic E-state index is 0.535. The third-order valence-corrected chi connectivity index (χ3v) is 4.87. The third-order valence-electron chi connectivity index (χ3n) is 2.95. The number of hydrogen-bond acceptors (Lipinski definition) is 3. The lowest BCUT2D eigenvalue weighted by atomic mass is 10.3. The summed E-state index contributed by atoms with van der Waals surface area (Å²) in [5.41, 5.74) is 7.85. The van der Waals surface area contributed by atoms with Crippen molar-refractivity contribution in [3.8, 4) is 0 Å². The van der Waals surface area contributed by atoms with Crippen LogP contribution in [0.15, 0.2) is 34.1 Å². The highest BCUT2D eigenvalue weighted by molar-refractivity contribution is 9.11. The van der Waals surface area contributed by atoms with Crippen LogP contribution in [0.5, 0.6) is 0 Å². The van der Waals surface area contributed by atoms with Crippen LogP contribution in [0.4, 0.5) is 5.95 Å². The highest BCUT2D eigenvalue weighted by atomic mass is 79.9. The molecule has 0 saturated heterocycles. The summed E-state index contributed by atoms with van der Waals surface area (Å²) in [5.74, 6) is 0.535. The molecule has 0 amide bonds. The van der Waals surface area contributed by atoms with Gasteiger partial charge in [-0.15, -0.1) is 11.3 Å². The number of nitrogens with zero attached hydrogens (tertiary/aromatic N) is 2. The standard InChI is InChI=1S/C13H11BrClN3S/c14-12-4-2-9(19-12)5-6-18-11-3-1-8(15)7-10(11)17-13(18)16/h1-4,7H,5-6H2,(H2,16,17). The van der Waals surface area contributed by atoms with Crippen LogP contribution in [0, 0.1) is 0 Å². The lowest BCUT2D eigenvalue weighted by Crippen LogP contribution is -2.04. The molecule has 0 radical (unpaired) electrons. The monoisotopic (exact) mass is 355 g/mol. The number of nitrogen functional groups attached to an aromatic ring is 1. The summed E-state index contributed by atoms with van der Waals surface area (Å²) in [6, 6.07) is 9.86. The van der Waals surface area contributed by atoms with E-state index in [-0.39, 0.29) is 0 Å². The van der Waals surface area contributed by atoms with E-state index < -0.39 is 0 Å². The maximum Gasteiger partial charge on any atom is 0.201 e. The first-order valence-electron chi connectivity index (χ1n) is 5.79. The fourth-order valence-electron chi connectivity index (χ4n) is 2.06. The van der Waals surface area contributed by atoms with Crippen LogP contribution in [0.25, 0.3) is 11.0 Å². The average Bonchev–Trinajstić information content (AvgIpc) is 2.89. The predicted molar refractivity (Wildman–Crippen MR) is 84.9 cm³/mol. The van der Waals surface area contributed by atoms with Crippen LogP contribution in [0.1, 0.15) is 4.88 Å². The van der Waals surface area contributed by atoms with Crippen LogP contribution in [0.3, 0.4) is 0 Å². The summed E-state index contributed by atoms with van der Waals surface area (Å²) in [6.07, 6.45) is 0.939. The van der Waals surface area contributed by atoms with Crippen LogP contribution < -0.4 is 5.73 Å². The molecule has 19 heavy (non-hydrogen) atoms. The summed E-state index contributed by atoms with van der Waals surface area (Å²) in [5, 5.41) is 0.680. The lowest BCUT2D eigenvalue weighted by Gasteiger charge is -2.05. The van der Waals surface area contributed by atoms with E-state index in [0.29, 0.717) is 11.0 Å². The Kier molecular flexibility index (Phi) is 3.52. The van der Waals surface area contributed by atoms with E-state index in [2.05, 4.69) is 33.0 Å². The zero-order valence-electron chi connectivity index (χ0n) is 9.94. The van der Waals surface area contributed by atoms with E-state index in [1.54, 1.807) is 11.3 Å². The number of halogens is 2. The van der Waals surface area contributed by atoms with Crippen LogP contribution in [-0.2, 0) is 13.0 Å². The smallest absolute Gasteiger partial charge is 0.201 e. The lowest BCUT2D eigenvalue weighted by molar-refractivity contribution is 0.733. The van der Waals surface area contributed by atoms with E-state index in [1.165, 1.54) is 4.88 Å². The zero-order valence-corrected chi connectivity index (χ0v) is 13.1. The summed E-state index contributed by atoms with van der Waals surface area (Å²) in [4.78, 5) is 5.66. The van der Waals surface area contributed by atoms with Crippen LogP contribution in [-0.4, -0.2) is 9.55 Å². The molecule has 3 aromatic rings. The molecule has 2 aromatic heterocycles. The number of benzene rings is 1. The van der Waals surface area contributed by atoms with Crippen molar-refractivity contribution in [1.29, 1.82) is 0 Å². The molecule has 2 heterocycles. The van der Waals surface area contributed by atoms with Crippen molar-refractivity contribution >= 4 is 55.8 Å². The Morgan fingerprint density at radius 2 is 2.16 bits per heavy atom. The first-order chi connectivity index (χ1) is 9.13. The number of hydrogen-bond donors (Lipinski definition) is 1. The molecule has 6 heteroatoms. The summed E-state index contributed by atoms with van der Waals surface area (Å²) < 4.78 is 3.18. The van der Waals surface area contributed by atoms with Gasteiger partial charge in [0.1, 0.15) is 0 Å². The summed E-state index contributed by atoms with van der Waals surface area (Å²) in [7, 11) is 0. The van der Waals surface area contributed by atoms with Crippen molar-refractivity contribution in [3.05, 3.63) is 44.0 Å². The van der Waals surface area contributed by atoms with Gasteiger partial charge in [0.2, 0.25) is 5.95 Å². The second-order valence-corrected chi connectivity index (χ2v) is 7.19. The normalized spacial score (nSPS) is 11.3. The molecule has 0 bridgehead atoms. The Balaban J connectivity index is 1.90. The highest BCUT2D eigenvalue weighted by Gasteiger charge is 2.09. The van der Waals surface area contributed by atoms with Crippen LogP contribution >= 0.6 is 38.9 Å². The molecule has 0 fully saturated rings. The topological polar surface area (TPSA) is 43.8 Å². The Labute approximate surface area is 128 Å². The molecule has 0 aliphatic heterocycles. The molecule has 1 aromatic carbocycles. The molecule has 0 spiro atoms. The number of aryl methyl sites for hydroxylation is 2. The van der Waals surface area contributed by atoms with Crippen molar-refractivity contribution in [3.63, 3.8) is 0 Å². The van der Waals surface area contributed by atoms with Crippen molar-refractivity contribution in [2.24, 2.45) is 0 Å². The number of imidazole rings is 1. The van der Waals surface area contributed by atoms with Gasteiger partial charge in [-0.3, -0.25) is 0 Å². The number of rotatable bonds is 3. The van der Waals surface area contributed by atoms with Gasteiger partial charge in [-0.25, -0.2) is 4.98 Å². The van der Waals surface area contributed by atoms with E-state index in [0.717, 1.165) is 27.8 Å². The van der Waals surface area contributed by atoms with Crippen LogP contribution in [0.2, 0.25) is 5.02 Å². The Hall–Kier alpha value is -1.04. The van der Waals surface area contributed by atoms with E-state index in [1.807, 2.05) is 22.8 Å². The summed E-state index contributed by atoms with van der Waals surface area (Å²) in [6.45, 7) is 0.816. The van der Waals surface area contributed by atoms with E-state index in [9.17, 15) is 0 Å². The Bertz CT molecular complexity index is 735. The molecular weight excluding hydrogens is 346 g/mol. The molecule has 0 unspecified atom stereocenters. The van der Waals surface area contributed by atoms with Gasteiger partial charge < -0.3 is 10.3 Å². The molecule has 98 valence electrons. The SMILES string of the molecule is Nc1nc2cc(Cl)ccc2n1CCc1ccc(Br)s1. The molecular formula is C13H11BrClN3S. The van der Waals surface area contributed by atoms with Crippen molar-refractivity contribution in [2.75, 3.05) is 5.73 Å². The van der Waals surface area contributed by atoms with Crippen molar-refractivity contribution < 1.29 is 0 Å². The first kappa shape index (κ1) is 13.0. The third kappa shape index (κ3) is 2.63. The first-order valence-corrected chi connectivity index (χ1v) is 7.78. The minimum Gasteiger partial charge on any atom is -0.369 e. The van der Waals surface area contributed by atoms with Crippen molar-refractivity contribution in [2.45, 2.75) is 13.0 Å². The number of anilines is 1.